The fourth-order valence-electron chi connectivity index (χ4n) is 2.00. The van der Waals surface area contributed by atoms with Gasteiger partial charge in [-0.05, 0) is 41.1 Å². The molecule has 2 heterocycles. The highest BCUT2D eigenvalue weighted by Crippen LogP contribution is 2.28. The van der Waals surface area contributed by atoms with Crippen LogP contribution in [0.1, 0.15) is 6.92 Å². The third-order valence-electron chi connectivity index (χ3n) is 2.91. The Morgan fingerprint density at radius 3 is 3.05 bits per heavy atom. The number of halogens is 2. The number of aromatic nitrogens is 3. The Morgan fingerprint density at radius 1 is 1.38 bits per heavy atom. The number of anilines is 3. The number of nitrogens with zero attached hydrogens (tertiary/aromatic N) is 3. The van der Waals surface area contributed by atoms with Crippen molar-refractivity contribution in [1.82, 2.24) is 14.4 Å². The zero-order valence-electron chi connectivity index (χ0n) is 11.3. The first-order valence-electron chi connectivity index (χ1n) is 6.47. The Hall–Kier alpha value is -2.15. The first-order chi connectivity index (χ1) is 10.2. The van der Waals surface area contributed by atoms with Crippen molar-refractivity contribution in [2.75, 3.05) is 17.2 Å². The summed E-state index contributed by atoms with van der Waals surface area (Å²) in [6.07, 6.45) is 5.39. The van der Waals surface area contributed by atoms with Gasteiger partial charge in [0, 0.05) is 23.4 Å². The molecule has 0 spiro atoms. The van der Waals surface area contributed by atoms with E-state index in [1.807, 2.05) is 23.7 Å². The largest absolute Gasteiger partial charge is 0.369 e. The average molecular weight is 350 g/mol. The third-order valence-corrected chi connectivity index (χ3v) is 3.60. The average Bonchev–Trinajstić information content (AvgIpc) is 2.92. The van der Waals surface area contributed by atoms with Gasteiger partial charge < -0.3 is 15.0 Å². The maximum atomic E-state index is 13.4. The summed E-state index contributed by atoms with van der Waals surface area (Å²) >= 11 is 3.39. The molecular weight excluding hydrogens is 337 g/mol. The van der Waals surface area contributed by atoms with Crippen molar-refractivity contribution in [3.63, 3.8) is 0 Å². The first kappa shape index (κ1) is 13.8. The van der Waals surface area contributed by atoms with Gasteiger partial charge in [-0.3, -0.25) is 0 Å². The van der Waals surface area contributed by atoms with Crippen LogP contribution in [0.4, 0.5) is 21.7 Å². The second kappa shape index (κ2) is 5.69. The number of hydrogen-bond donors (Lipinski definition) is 2. The molecule has 0 saturated heterocycles. The number of nitrogens with one attached hydrogen (secondary N) is 2. The molecule has 0 saturated carbocycles. The summed E-state index contributed by atoms with van der Waals surface area (Å²) in [5, 5.41) is 6.28. The normalized spacial score (nSPS) is 10.8. The molecule has 0 amide bonds. The van der Waals surface area contributed by atoms with Crippen LogP contribution < -0.4 is 10.6 Å². The van der Waals surface area contributed by atoms with E-state index in [0.717, 1.165) is 16.8 Å². The molecule has 0 unspecified atom stereocenters. The minimum Gasteiger partial charge on any atom is -0.369 e. The van der Waals surface area contributed by atoms with Crippen molar-refractivity contribution in [2.45, 2.75) is 6.92 Å². The van der Waals surface area contributed by atoms with Gasteiger partial charge >= 0.3 is 0 Å². The predicted molar refractivity (Wildman–Crippen MR) is 84.5 cm³/mol. The van der Waals surface area contributed by atoms with Crippen molar-refractivity contribution in [1.29, 1.82) is 0 Å². The molecular formula is C14H13BrFN5. The van der Waals surface area contributed by atoms with Gasteiger partial charge in [0.2, 0.25) is 0 Å². The van der Waals surface area contributed by atoms with Crippen molar-refractivity contribution in [3.8, 4) is 0 Å². The molecule has 0 aliphatic carbocycles. The van der Waals surface area contributed by atoms with Gasteiger partial charge in [-0.15, -0.1) is 0 Å². The van der Waals surface area contributed by atoms with Crippen LogP contribution in [0.3, 0.4) is 0 Å². The highest BCUT2D eigenvalue weighted by atomic mass is 79.9. The number of imidazole rings is 1. The van der Waals surface area contributed by atoms with Gasteiger partial charge in [0.05, 0.1) is 11.9 Å². The molecule has 21 heavy (non-hydrogen) atoms. The van der Waals surface area contributed by atoms with Gasteiger partial charge in [0.15, 0.2) is 11.5 Å². The highest BCUT2D eigenvalue weighted by molar-refractivity contribution is 9.10. The van der Waals surface area contributed by atoms with Crippen LogP contribution >= 0.6 is 15.9 Å². The second-order valence-corrected chi connectivity index (χ2v) is 5.27. The molecule has 0 radical (unpaired) electrons. The molecule has 2 N–H and O–H groups in total. The van der Waals surface area contributed by atoms with E-state index in [2.05, 4.69) is 36.5 Å². The van der Waals surface area contributed by atoms with Crippen LogP contribution in [0.15, 0.2) is 41.3 Å². The summed E-state index contributed by atoms with van der Waals surface area (Å²) in [7, 11) is 0. The summed E-state index contributed by atoms with van der Waals surface area (Å²) in [5.74, 6) is 0.964. The van der Waals surface area contributed by atoms with Crippen LogP contribution in [0, 0.1) is 5.82 Å². The first-order valence-corrected chi connectivity index (χ1v) is 7.26. The van der Waals surface area contributed by atoms with Crippen LogP contribution in [0.5, 0.6) is 0 Å². The van der Waals surface area contributed by atoms with Crippen LogP contribution in [0.2, 0.25) is 0 Å². The summed E-state index contributed by atoms with van der Waals surface area (Å²) < 4.78 is 16.0. The highest BCUT2D eigenvalue weighted by Gasteiger charge is 2.10. The lowest BCUT2D eigenvalue weighted by Gasteiger charge is -2.11. The molecule has 3 rings (SSSR count). The topological polar surface area (TPSA) is 54.2 Å². The van der Waals surface area contributed by atoms with Gasteiger partial charge in [0.25, 0.3) is 0 Å². The molecule has 0 fully saturated rings. The number of rotatable bonds is 4. The van der Waals surface area contributed by atoms with Gasteiger partial charge in [-0.2, -0.15) is 0 Å². The van der Waals surface area contributed by atoms with Crippen LogP contribution in [-0.2, 0) is 0 Å². The molecule has 2 aromatic heterocycles. The monoisotopic (exact) mass is 349 g/mol. The molecule has 0 bridgehead atoms. The smallest absolute Gasteiger partial charge is 0.180 e. The summed E-state index contributed by atoms with van der Waals surface area (Å²) in [6, 6.07) is 4.45. The summed E-state index contributed by atoms with van der Waals surface area (Å²) in [4.78, 5) is 8.75. The van der Waals surface area contributed by atoms with E-state index < -0.39 is 0 Å². The van der Waals surface area contributed by atoms with Crippen molar-refractivity contribution in [2.24, 2.45) is 0 Å². The Kier molecular flexibility index (Phi) is 3.74. The van der Waals surface area contributed by atoms with Crippen LogP contribution in [0.25, 0.3) is 5.65 Å². The molecule has 0 atom stereocenters. The zero-order chi connectivity index (χ0) is 14.8. The van der Waals surface area contributed by atoms with E-state index in [4.69, 9.17) is 0 Å². The minimum absolute atomic E-state index is 0.317. The van der Waals surface area contributed by atoms with E-state index in [1.54, 1.807) is 12.3 Å². The lowest BCUT2D eigenvalue weighted by molar-refractivity contribution is 0.628. The van der Waals surface area contributed by atoms with Crippen molar-refractivity contribution < 1.29 is 4.39 Å². The molecule has 1 aromatic carbocycles. The molecule has 7 heteroatoms. The lowest BCUT2D eigenvalue weighted by atomic mass is 10.3. The van der Waals surface area contributed by atoms with E-state index in [-0.39, 0.29) is 5.82 Å². The quantitative estimate of drug-likeness (QED) is 0.751. The summed E-state index contributed by atoms with van der Waals surface area (Å²) in [6.45, 7) is 2.76. The minimum atomic E-state index is -0.317. The molecule has 3 aromatic rings. The maximum Gasteiger partial charge on any atom is 0.180 e. The standard InChI is InChI=1S/C14H13BrFN5/c1-2-17-12-8-21-6-5-18-14(21)13(20-12)19-11-7-9(16)3-4-10(11)15/h3-8,17H,2H2,1H3,(H,19,20). The van der Waals surface area contributed by atoms with Crippen molar-refractivity contribution in [3.05, 3.63) is 47.1 Å². The Bertz CT molecular complexity index is 786. The van der Waals surface area contributed by atoms with Gasteiger partial charge in [-0.1, -0.05) is 0 Å². The van der Waals surface area contributed by atoms with Crippen molar-refractivity contribution >= 4 is 38.9 Å². The zero-order valence-corrected chi connectivity index (χ0v) is 12.9. The Labute approximate surface area is 129 Å². The fourth-order valence-corrected chi connectivity index (χ4v) is 2.35. The van der Waals surface area contributed by atoms with E-state index in [9.17, 15) is 4.39 Å². The SMILES string of the molecule is CCNc1cn2ccnc2c(Nc2cc(F)ccc2Br)n1. The van der Waals surface area contributed by atoms with Crippen LogP contribution in [-0.4, -0.2) is 20.9 Å². The Balaban J connectivity index is 2.06. The van der Waals surface area contributed by atoms with E-state index >= 15 is 0 Å². The van der Waals surface area contributed by atoms with E-state index in [0.29, 0.717) is 17.2 Å². The molecule has 5 nitrogen and oxygen atoms in total. The molecule has 0 aliphatic rings. The fraction of sp³-hybridized carbons (Fsp3) is 0.143. The molecule has 0 aliphatic heterocycles. The Morgan fingerprint density at radius 2 is 2.24 bits per heavy atom. The maximum absolute atomic E-state index is 13.4. The number of benzene rings is 1. The van der Waals surface area contributed by atoms with Gasteiger partial charge in [-0.25, -0.2) is 14.4 Å². The molecule has 108 valence electrons. The summed E-state index contributed by atoms with van der Waals surface area (Å²) in [5.41, 5.74) is 1.27. The second-order valence-electron chi connectivity index (χ2n) is 4.41. The van der Waals surface area contributed by atoms with E-state index in [1.165, 1.54) is 12.1 Å². The third kappa shape index (κ3) is 2.82. The number of hydrogen-bond acceptors (Lipinski definition) is 4. The lowest BCUT2D eigenvalue weighted by Crippen LogP contribution is -2.05. The number of fused-ring (bicyclic) bond motifs is 1. The predicted octanol–water partition coefficient (Wildman–Crippen LogP) is 3.81. The van der Waals surface area contributed by atoms with Gasteiger partial charge in [0.1, 0.15) is 11.6 Å².